The highest BCUT2D eigenvalue weighted by Gasteiger charge is 2.65. The number of pyridine rings is 2. The molecular formula is C21H24F3N5O. The van der Waals surface area contributed by atoms with Gasteiger partial charge >= 0.3 is 6.18 Å². The van der Waals surface area contributed by atoms with Gasteiger partial charge in [0.25, 0.3) is 0 Å². The number of nitrogen functional groups attached to an aromatic ring is 1. The Bertz CT molecular complexity index is 1030. The molecule has 1 saturated heterocycles. The molecule has 0 unspecified atom stereocenters. The van der Waals surface area contributed by atoms with Gasteiger partial charge in [-0.05, 0) is 50.9 Å². The van der Waals surface area contributed by atoms with Gasteiger partial charge in [-0.1, -0.05) is 6.07 Å². The monoisotopic (exact) mass is 419 g/mol. The lowest BCUT2D eigenvalue weighted by molar-refractivity contribution is -0.161. The molecule has 1 aliphatic carbocycles. The summed E-state index contributed by atoms with van der Waals surface area (Å²) in [6.45, 7) is 2.50. The summed E-state index contributed by atoms with van der Waals surface area (Å²) in [5.74, 6) is 0.523. The number of rotatable bonds is 3. The van der Waals surface area contributed by atoms with Crippen LogP contribution in [-0.4, -0.2) is 40.7 Å². The van der Waals surface area contributed by atoms with Gasteiger partial charge in [-0.2, -0.15) is 13.2 Å². The minimum Gasteiger partial charge on any atom is -0.496 e. The molecule has 3 aromatic heterocycles. The first-order chi connectivity index (χ1) is 14.4. The summed E-state index contributed by atoms with van der Waals surface area (Å²) in [5, 5.41) is 3.22. The Labute approximate surface area is 172 Å². The number of anilines is 1. The van der Waals surface area contributed by atoms with E-state index in [1.165, 1.54) is 45.3 Å². The molecule has 9 heteroatoms. The summed E-state index contributed by atoms with van der Waals surface area (Å²) in [5.41, 5.74) is 5.58. The van der Waals surface area contributed by atoms with E-state index in [0.717, 1.165) is 0 Å². The van der Waals surface area contributed by atoms with Crippen LogP contribution in [0.2, 0.25) is 0 Å². The Morgan fingerprint density at radius 1 is 1.20 bits per heavy atom. The van der Waals surface area contributed by atoms with E-state index < -0.39 is 11.6 Å². The number of imidazole rings is 1. The Morgan fingerprint density at radius 2 is 1.93 bits per heavy atom. The minimum atomic E-state index is -4.33. The van der Waals surface area contributed by atoms with E-state index in [-0.39, 0.29) is 24.2 Å². The van der Waals surface area contributed by atoms with Crippen LogP contribution in [0.25, 0.3) is 17.0 Å². The number of fused-ring (bicyclic) bond motifs is 1. The summed E-state index contributed by atoms with van der Waals surface area (Å²) < 4.78 is 47.6. The average molecular weight is 419 g/mol. The number of aromatic nitrogens is 3. The summed E-state index contributed by atoms with van der Waals surface area (Å²) in [7, 11) is 1.37. The second-order valence-electron chi connectivity index (χ2n) is 7.61. The molecule has 0 radical (unpaired) electrons. The lowest BCUT2D eigenvalue weighted by Crippen LogP contribution is -2.29. The number of ether oxygens (including phenoxy) is 1. The molecule has 3 N–H and O–H groups in total. The second-order valence-corrected chi connectivity index (χ2v) is 7.61. The topological polar surface area (TPSA) is 77.5 Å². The smallest absolute Gasteiger partial charge is 0.398 e. The normalized spacial score (nSPS) is 17.5. The Balaban J connectivity index is 0.000000383. The third kappa shape index (κ3) is 3.69. The van der Waals surface area contributed by atoms with E-state index in [4.69, 9.17) is 10.5 Å². The maximum atomic E-state index is 13.6. The van der Waals surface area contributed by atoms with Crippen molar-refractivity contribution in [2.24, 2.45) is 0 Å². The van der Waals surface area contributed by atoms with Crippen molar-refractivity contribution in [1.29, 1.82) is 0 Å². The molecule has 2 aliphatic rings. The molecule has 0 spiro atoms. The van der Waals surface area contributed by atoms with Gasteiger partial charge in [-0.15, -0.1) is 0 Å². The van der Waals surface area contributed by atoms with E-state index in [0.29, 0.717) is 22.9 Å². The highest BCUT2D eigenvalue weighted by molar-refractivity contribution is 5.64. The molecule has 160 valence electrons. The summed E-state index contributed by atoms with van der Waals surface area (Å²) in [6, 6.07) is 6.64. The fourth-order valence-corrected chi connectivity index (χ4v) is 3.77. The second kappa shape index (κ2) is 7.79. The molecular weight excluding hydrogens is 395 g/mol. The molecule has 0 bridgehead atoms. The maximum absolute atomic E-state index is 13.6. The molecule has 0 aromatic carbocycles. The van der Waals surface area contributed by atoms with Crippen LogP contribution in [0.3, 0.4) is 0 Å². The van der Waals surface area contributed by atoms with E-state index >= 15 is 0 Å². The number of hydrogen-bond acceptors (Lipinski definition) is 5. The largest absolute Gasteiger partial charge is 0.496 e. The van der Waals surface area contributed by atoms with Crippen molar-refractivity contribution >= 4 is 11.5 Å². The molecule has 30 heavy (non-hydrogen) atoms. The minimum absolute atomic E-state index is 0.0545. The molecule has 4 heterocycles. The first-order valence-corrected chi connectivity index (χ1v) is 9.92. The van der Waals surface area contributed by atoms with Crippen molar-refractivity contribution in [2.45, 2.75) is 37.3 Å². The number of nitrogens with zero attached hydrogens (tertiary/aromatic N) is 3. The highest BCUT2D eigenvalue weighted by atomic mass is 19.4. The van der Waals surface area contributed by atoms with Gasteiger partial charge in [0.15, 0.2) is 0 Å². The molecule has 5 rings (SSSR count). The first kappa shape index (κ1) is 20.5. The molecule has 1 aliphatic heterocycles. The van der Waals surface area contributed by atoms with Crippen LogP contribution in [0.15, 0.2) is 36.7 Å². The van der Waals surface area contributed by atoms with Gasteiger partial charge in [0.2, 0.25) is 0 Å². The Morgan fingerprint density at radius 3 is 2.47 bits per heavy atom. The van der Waals surface area contributed by atoms with Gasteiger partial charge in [0.05, 0.1) is 30.1 Å². The molecule has 6 nitrogen and oxygen atoms in total. The van der Waals surface area contributed by atoms with Crippen molar-refractivity contribution in [3.63, 3.8) is 0 Å². The molecule has 3 aromatic rings. The van der Waals surface area contributed by atoms with E-state index in [1.54, 1.807) is 28.8 Å². The van der Waals surface area contributed by atoms with Crippen molar-refractivity contribution in [3.8, 4) is 17.1 Å². The van der Waals surface area contributed by atoms with Crippen LogP contribution < -0.4 is 15.8 Å². The zero-order chi connectivity index (χ0) is 21.4. The zero-order valence-corrected chi connectivity index (χ0v) is 16.7. The zero-order valence-electron chi connectivity index (χ0n) is 16.7. The number of nitrogens with one attached hydrogen (secondary N) is 1. The van der Waals surface area contributed by atoms with Gasteiger partial charge in [-0.25, -0.2) is 9.97 Å². The van der Waals surface area contributed by atoms with Crippen molar-refractivity contribution in [2.75, 3.05) is 25.9 Å². The standard InChI is InChI=1S/C17H15F3N4O.C4H9N/c1-25-13-7-15-22-8-12(11-3-2-4-14(21)23-11)24(15)9-10(13)16(5-6-16)17(18,19)20;1-2-4-5-3-1/h2-4,7-9H,5-6H2,1H3,(H2,21,23);5H,1-4H2. The van der Waals surface area contributed by atoms with Crippen LogP contribution in [0.4, 0.5) is 19.0 Å². The molecule has 1 saturated carbocycles. The predicted octanol–water partition coefficient (Wildman–Crippen LogP) is 3.95. The third-order valence-corrected chi connectivity index (χ3v) is 5.63. The lowest BCUT2D eigenvalue weighted by Gasteiger charge is -2.22. The summed E-state index contributed by atoms with van der Waals surface area (Å²) in [6.07, 6.45) is 1.58. The molecule has 0 atom stereocenters. The SMILES string of the molecule is C1CCNC1.COc1cc2ncc(-c3cccc(N)n3)n2cc1C1(C(F)(F)F)CC1. The van der Waals surface area contributed by atoms with Crippen LogP contribution in [0, 0.1) is 0 Å². The number of hydrogen-bond donors (Lipinski definition) is 2. The Kier molecular flexibility index (Phi) is 5.31. The van der Waals surface area contributed by atoms with Gasteiger partial charge in [0.1, 0.15) is 17.2 Å². The number of methoxy groups -OCH3 is 1. The predicted molar refractivity (Wildman–Crippen MR) is 108 cm³/mol. The maximum Gasteiger partial charge on any atom is 0.398 e. The van der Waals surface area contributed by atoms with Crippen molar-refractivity contribution in [1.82, 2.24) is 19.7 Å². The lowest BCUT2D eigenvalue weighted by atomic mass is 9.96. The highest BCUT2D eigenvalue weighted by Crippen LogP contribution is 2.60. The molecule has 2 fully saturated rings. The van der Waals surface area contributed by atoms with Crippen LogP contribution in [0.1, 0.15) is 31.2 Å². The summed E-state index contributed by atoms with van der Waals surface area (Å²) in [4.78, 5) is 8.49. The van der Waals surface area contributed by atoms with Gasteiger partial charge in [-0.3, -0.25) is 4.40 Å². The first-order valence-electron chi connectivity index (χ1n) is 9.92. The fraction of sp³-hybridized carbons (Fsp3) is 0.429. The van der Waals surface area contributed by atoms with Crippen molar-refractivity contribution in [3.05, 3.63) is 42.2 Å². The van der Waals surface area contributed by atoms with Gasteiger partial charge in [0, 0.05) is 17.8 Å². The van der Waals surface area contributed by atoms with E-state index in [1.807, 2.05) is 0 Å². The number of halogens is 3. The Hall–Kier alpha value is -2.81. The molecule has 0 amide bonds. The number of alkyl halides is 3. The third-order valence-electron chi connectivity index (χ3n) is 5.63. The average Bonchev–Trinajstić information content (AvgIpc) is 3.14. The van der Waals surface area contributed by atoms with E-state index in [9.17, 15) is 13.2 Å². The van der Waals surface area contributed by atoms with Crippen LogP contribution in [-0.2, 0) is 5.41 Å². The van der Waals surface area contributed by atoms with E-state index in [2.05, 4.69) is 15.3 Å². The summed E-state index contributed by atoms with van der Waals surface area (Å²) >= 11 is 0. The van der Waals surface area contributed by atoms with Crippen LogP contribution >= 0.6 is 0 Å². The fourth-order valence-electron chi connectivity index (χ4n) is 3.77. The van der Waals surface area contributed by atoms with Crippen LogP contribution in [0.5, 0.6) is 5.75 Å². The van der Waals surface area contributed by atoms with Gasteiger partial charge < -0.3 is 15.8 Å². The number of nitrogens with two attached hydrogens (primary N) is 1. The van der Waals surface area contributed by atoms with Crippen molar-refractivity contribution < 1.29 is 17.9 Å². The quantitative estimate of drug-likeness (QED) is 0.672.